The van der Waals surface area contributed by atoms with Crippen LogP contribution in [-0.4, -0.2) is 11.1 Å². The van der Waals surface area contributed by atoms with Crippen molar-refractivity contribution >= 4 is 21.3 Å². The average Bonchev–Trinajstić information content (AvgIpc) is 2.03. The summed E-state index contributed by atoms with van der Waals surface area (Å²) in [4.78, 5) is 0. The lowest BCUT2D eigenvalue weighted by molar-refractivity contribution is 0.943. The molecule has 60 valence electrons. The second-order valence-electron chi connectivity index (χ2n) is 2.31. The van der Waals surface area contributed by atoms with E-state index < -0.39 is 0 Å². The molecule has 0 amide bonds. The molecule has 0 aliphatic rings. The van der Waals surface area contributed by atoms with Crippen LogP contribution in [0, 0.1) is 0 Å². The second-order valence-corrected chi connectivity index (χ2v) is 4.58. The van der Waals surface area contributed by atoms with Gasteiger partial charge in [-0.15, -0.1) is 0 Å². The van der Waals surface area contributed by atoms with Crippen LogP contribution in [0.4, 0.5) is 0 Å². The van der Waals surface area contributed by atoms with Gasteiger partial charge < -0.3 is 0 Å². The first-order chi connectivity index (χ1) is 5.29. The summed E-state index contributed by atoms with van der Waals surface area (Å²) in [6.07, 6.45) is 0. The summed E-state index contributed by atoms with van der Waals surface area (Å²) in [6.45, 7) is 0. The van der Waals surface area contributed by atoms with Gasteiger partial charge in [0, 0.05) is 12.8 Å². The molecular formula is C8H12NPS. The van der Waals surface area contributed by atoms with Gasteiger partial charge in [0.15, 0.2) is 0 Å². The second kappa shape index (κ2) is 4.76. The van der Waals surface area contributed by atoms with Crippen LogP contribution in [0.25, 0.3) is 0 Å². The summed E-state index contributed by atoms with van der Waals surface area (Å²) >= 11 is 1.78. The normalized spacial score (nSPS) is 10.5. The molecule has 0 saturated heterocycles. The Labute approximate surface area is 74.6 Å². The van der Waals surface area contributed by atoms with E-state index in [4.69, 9.17) is 0 Å². The maximum atomic E-state index is 2.63. The van der Waals surface area contributed by atoms with Crippen LogP contribution in [0.1, 0.15) is 5.56 Å². The molecule has 1 rings (SSSR count). The molecule has 0 bridgehead atoms. The molecule has 0 spiro atoms. The summed E-state index contributed by atoms with van der Waals surface area (Å²) in [5, 5.41) is 0. The van der Waals surface area contributed by atoms with Crippen molar-refractivity contribution in [1.29, 1.82) is 0 Å². The van der Waals surface area contributed by atoms with Gasteiger partial charge >= 0.3 is 0 Å². The summed E-state index contributed by atoms with van der Waals surface area (Å²) in [6, 6.07) is 10.5. The summed E-state index contributed by atoms with van der Waals surface area (Å²) in [5.74, 6) is 1.04. The molecule has 0 radical (unpaired) electrons. The fraction of sp³-hybridized carbons (Fsp3) is 0.250. The van der Waals surface area contributed by atoms with Gasteiger partial charge in [-0.05, 0) is 5.56 Å². The first kappa shape index (κ1) is 9.05. The number of nitrogens with zero attached hydrogens (tertiary/aromatic N) is 1. The minimum Gasteiger partial charge on any atom is -0.238 e. The molecular weight excluding hydrogens is 173 g/mol. The third-order valence-electron chi connectivity index (χ3n) is 1.28. The van der Waals surface area contributed by atoms with Gasteiger partial charge in [-0.3, -0.25) is 0 Å². The van der Waals surface area contributed by atoms with Crippen molar-refractivity contribution in [2.24, 2.45) is 0 Å². The zero-order valence-electron chi connectivity index (χ0n) is 6.53. The molecule has 0 N–H and O–H groups in total. The molecule has 11 heavy (non-hydrogen) atoms. The highest BCUT2D eigenvalue weighted by molar-refractivity contribution is 7.98. The molecule has 0 aliphatic heterocycles. The Morgan fingerprint density at radius 1 is 1.36 bits per heavy atom. The van der Waals surface area contributed by atoms with Crippen molar-refractivity contribution in [2.75, 3.05) is 7.05 Å². The largest absolute Gasteiger partial charge is 0.238 e. The predicted octanol–water partition coefficient (Wildman–Crippen LogP) is 2.56. The van der Waals surface area contributed by atoms with E-state index in [1.54, 1.807) is 11.9 Å². The van der Waals surface area contributed by atoms with E-state index >= 15 is 0 Å². The van der Waals surface area contributed by atoms with Crippen LogP contribution in [0.5, 0.6) is 0 Å². The van der Waals surface area contributed by atoms with Gasteiger partial charge in [-0.1, -0.05) is 51.7 Å². The Bertz CT molecular complexity index is 201. The Morgan fingerprint density at radius 3 is 2.55 bits per heavy atom. The van der Waals surface area contributed by atoms with E-state index in [2.05, 4.69) is 33.7 Å². The highest BCUT2D eigenvalue weighted by atomic mass is 32.2. The zero-order valence-corrected chi connectivity index (χ0v) is 8.50. The molecule has 0 aliphatic carbocycles. The summed E-state index contributed by atoms with van der Waals surface area (Å²) in [7, 11) is 4.65. The Morgan fingerprint density at radius 2 is 2.00 bits per heavy atom. The van der Waals surface area contributed by atoms with E-state index in [0.717, 1.165) is 5.75 Å². The van der Waals surface area contributed by atoms with Crippen molar-refractivity contribution in [3.05, 3.63) is 35.9 Å². The predicted molar refractivity (Wildman–Crippen MR) is 55.2 cm³/mol. The molecule has 3 heteroatoms. The molecule has 0 fully saturated rings. The lowest BCUT2D eigenvalue weighted by atomic mass is 10.2. The lowest BCUT2D eigenvalue weighted by Crippen LogP contribution is -1.90. The molecule has 1 aromatic rings. The fourth-order valence-corrected chi connectivity index (χ4v) is 1.52. The Balaban J connectivity index is 2.39. The minimum absolute atomic E-state index is 1.04. The molecule has 1 unspecified atom stereocenters. The number of hydrogen-bond acceptors (Lipinski definition) is 2. The van der Waals surface area contributed by atoms with Crippen molar-refractivity contribution in [3.8, 4) is 0 Å². The van der Waals surface area contributed by atoms with E-state index in [-0.39, 0.29) is 0 Å². The first-order valence-corrected chi connectivity index (χ1v) is 4.90. The molecule has 0 aromatic heterocycles. The van der Waals surface area contributed by atoms with Crippen LogP contribution >= 0.6 is 21.3 Å². The van der Waals surface area contributed by atoms with Gasteiger partial charge in [0.1, 0.15) is 0 Å². The molecule has 1 nitrogen and oxygen atoms in total. The van der Waals surface area contributed by atoms with Crippen molar-refractivity contribution in [1.82, 2.24) is 4.08 Å². The minimum atomic E-state index is 1.04. The smallest absolute Gasteiger partial charge is 0.0335 e. The standard InChI is InChI=1S/C8H12NPS/c1-9(10)11-7-8-5-3-2-4-6-8/h2-6H,7,10H2,1H3. The van der Waals surface area contributed by atoms with Crippen LogP contribution in [0.2, 0.25) is 0 Å². The van der Waals surface area contributed by atoms with Gasteiger partial charge in [-0.2, -0.15) is 0 Å². The fourth-order valence-electron chi connectivity index (χ4n) is 0.751. The van der Waals surface area contributed by atoms with Gasteiger partial charge in [0.05, 0.1) is 0 Å². The monoisotopic (exact) mass is 185 g/mol. The van der Waals surface area contributed by atoms with Crippen LogP contribution in [-0.2, 0) is 5.75 Å². The first-order valence-electron chi connectivity index (χ1n) is 3.44. The van der Waals surface area contributed by atoms with Crippen molar-refractivity contribution in [3.63, 3.8) is 0 Å². The quantitative estimate of drug-likeness (QED) is 0.526. The van der Waals surface area contributed by atoms with Crippen LogP contribution in [0.3, 0.4) is 0 Å². The third kappa shape index (κ3) is 3.76. The Kier molecular flexibility index (Phi) is 3.92. The average molecular weight is 185 g/mol. The van der Waals surface area contributed by atoms with Crippen molar-refractivity contribution < 1.29 is 0 Å². The maximum absolute atomic E-state index is 2.63. The van der Waals surface area contributed by atoms with E-state index in [0.29, 0.717) is 0 Å². The number of benzene rings is 1. The van der Waals surface area contributed by atoms with Crippen LogP contribution in [0.15, 0.2) is 30.3 Å². The zero-order chi connectivity index (χ0) is 8.10. The molecule has 0 saturated carbocycles. The summed E-state index contributed by atoms with van der Waals surface area (Å²) < 4.78 is 2.03. The molecule has 1 aromatic carbocycles. The SMILES string of the molecule is CN(P)SCc1ccccc1. The van der Waals surface area contributed by atoms with Gasteiger partial charge in [-0.25, -0.2) is 4.08 Å². The van der Waals surface area contributed by atoms with Gasteiger partial charge in [0.25, 0.3) is 0 Å². The molecule has 0 heterocycles. The van der Waals surface area contributed by atoms with E-state index in [1.165, 1.54) is 5.56 Å². The number of rotatable bonds is 3. The maximum Gasteiger partial charge on any atom is 0.0335 e. The third-order valence-corrected chi connectivity index (χ3v) is 2.59. The lowest BCUT2D eigenvalue weighted by Gasteiger charge is -2.06. The topological polar surface area (TPSA) is 3.24 Å². The molecule has 1 atom stereocenters. The van der Waals surface area contributed by atoms with E-state index in [9.17, 15) is 0 Å². The Hall–Kier alpha value is -0.0400. The highest BCUT2D eigenvalue weighted by Crippen LogP contribution is 2.17. The summed E-state index contributed by atoms with van der Waals surface area (Å²) in [5.41, 5.74) is 1.37. The highest BCUT2D eigenvalue weighted by Gasteiger charge is 1.92. The number of hydrogen-bond donors (Lipinski definition) is 0. The van der Waals surface area contributed by atoms with Crippen molar-refractivity contribution in [2.45, 2.75) is 5.75 Å². The van der Waals surface area contributed by atoms with Gasteiger partial charge in [0.2, 0.25) is 0 Å². The van der Waals surface area contributed by atoms with E-state index in [1.807, 2.05) is 17.2 Å². The van der Waals surface area contributed by atoms with Crippen LogP contribution < -0.4 is 0 Å².